The van der Waals surface area contributed by atoms with Crippen LogP contribution in [0.25, 0.3) is 0 Å². The molecule has 0 aliphatic rings. The number of hydrogen-bond acceptors (Lipinski definition) is 2. The van der Waals surface area contributed by atoms with E-state index in [2.05, 4.69) is 16.0 Å². The van der Waals surface area contributed by atoms with Crippen molar-refractivity contribution in [3.8, 4) is 0 Å². The maximum absolute atomic E-state index is 11.4. The molecule has 0 aliphatic heterocycles. The Morgan fingerprint density at radius 3 is 2.50 bits per heavy atom. The van der Waals surface area contributed by atoms with Crippen LogP contribution in [0.3, 0.4) is 0 Å². The zero-order valence-corrected chi connectivity index (χ0v) is 9.83. The van der Waals surface area contributed by atoms with Gasteiger partial charge in [-0.15, -0.1) is 0 Å². The molecule has 0 aromatic heterocycles. The minimum Gasteiger partial charge on any atom is -0.363 e. The number of thiocarbonyl (C=S) groups is 1. The molecule has 5 heteroatoms. The second kappa shape index (κ2) is 7.55. The van der Waals surface area contributed by atoms with Crippen molar-refractivity contribution in [1.29, 1.82) is 0 Å². The van der Waals surface area contributed by atoms with Crippen LogP contribution in [0.5, 0.6) is 0 Å². The molecule has 1 amide bonds. The van der Waals surface area contributed by atoms with Gasteiger partial charge in [-0.3, -0.25) is 4.79 Å². The van der Waals surface area contributed by atoms with E-state index in [4.69, 9.17) is 12.2 Å². The summed E-state index contributed by atoms with van der Waals surface area (Å²) in [6.07, 6.45) is 0.941. The highest BCUT2D eigenvalue weighted by Crippen LogP contribution is 1.83. The van der Waals surface area contributed by atoms with Gasteiger partial charge < -0.3 is 16.0 Å². The number of nitrogens with one attached hydrogen (secondary N) is 3. The first-order chi connectivity index (χ1) is 6.61. The lowest BCUT2D eigenvalue weighted by atomic mass is 10.3. The largest absolute Gasteiger partial charge is 0.363 e. The maximum atomic E-state index is 11.4. The van der Waals surface area contributed by atoms with Gasteiger partial charge in [-0.25, -0.2) is 0 Å². The monoisotopic (exact) mass is 217 g/mol. The van der Waals surface area contributed by atoms with Gasteiger partial charge in [0.05, 0.1) is 0 Å². The van der Waals surface area contributed by atoms with Crippen molar-refractivity contribution in [3.05, 3.63) is 0 Å². The molecule has 0 bridgehead atoms. The zero-order valence-electron chi connectivity index (χ0n) is 9.02. The lowest BCUT2D eigenvalue weighted by Crippen LogP contribution is -2.48. The van der Waals surface area contributed by atoms with Crippen LogP contribution in [0.4, 0.5) is 0 Å². The van der Waals surface area contributed by atoms with Crippen LogP contribution >= 0.6 is 12.2 Å². The summed E-state index contributed by atoms with van der Waals surface area (Å²) < 4.78 is 0. The SMILES string of the molecule is CCCNC(=O)C(C)NC(=S)NCC. The van der Waals surface area contributed by atoms with Crippen molar-refractivity contribution >= 4 is 23.2 Å². The molecule has 0 heterocycles. The molecule has 82 valence electrons. The van der Waals surface area contributed by atoms with Gasteiger partial charge >= 0.3 is 0 Å². The third-order valence-electron chi connectivity index (χ3n) is 1.63. The third-order valence-corrected chi connectivity index (χ3v) is 1.89. The second-order valence-corrected chi connectivity index (χ2v) is 3.42. The predicted octanol–water partition coefficient (Wildman–Crippen LogP) is 0.385. The maximum Gasteiger partial charge on any atom is 0.242 e. The molecular weight excluding hydrogens is 198 g/mol. The zero-order chi connectivity index (χ0) is 11.0. The minimum absolute atomic E-state index is 0.0212. The van der Waals surface area contributed by atoms with E-state index in [1.54, 1.807) is 6.92 Å². The van der Waals surface area contributed by atoms with Crippen LogP contribution in [0, 0.1) is 0 Å². The van der Waals surface area contributed by atoms with Crippen molar-refractivity contribution in [2.75, 3.05) is 13.1 Å². The van der Waals surface area contributed by atoms with Crippen LogP contribution in [0.2, 0.25) is 0 Å². The molecule has 0 aromatic rings. The first kappa shape index (κ1) is 13.2. The fraction of sp³-hybridized carbons (Fsp3) is 0.778. The summed E-state index contributed by atoms with van der Waals surface area (Å²) in [6, 6.07) is -0.284. The summed E-state index contributed by atoms with van der Waals surface area (Å²) in [6.45, 7) is 7.22. The van der Waals surface area contributed by atoms with Crippen molar-refractivity contribution in [2.45, 2.75) is 33.2 Å². The van der Waals surface area contributed by atoms with Crippen molar-refractivity contribution in [2.24, 2.45) is 0 Å². The Bertz CT molecular complexity index is 196. The van der Waals surface area contributed by atoms with Crippen LogP contribution in [-0.4, -0.2) is 30.2 Å². The van der Waals surface area contributed by atoms with Gasteiger partial charge in [0.15, 0.2) is 5.11 Å². The Morgan fingerprint density at radius 1 is 1.36 bits per heavy atom. The average molecular weight is 217 g/mol. The van der Waals surface area contributed by atoms with Gasteiger partial charge in [0.1, 0.15) is 6.04 Å². The highest BCUT2D eigenvalue weighted by Gasteiger charge is 2.11. The van der Waals surface area contributed by atoms with E-state index in [0.717, 1.165) is 13.0 Å². The molecule has 0 aliphatic carbocycles. The molecular formula is C9H19N3OS. The third kappa shape index (κ3) is 5.75. The summed E-state index contributed by atoms with van der Waals surface area (Å²) in [5, 5.41) is 9.14. The number of rotatable bonds is 5. The van der Waals surface area contributed by atoms with Crippen LogP contribution in [0.1, 0.15) is 27.2 Å². The molecule has 0 saturated heterocycles. The van der Waals surface area contributed by atoms with Crippen LogP contribution in [0.15, 0.2) is 0 Å². The summed E-state index contributed by atoms with van der Waals surface area (Å²) in [4.78, 5) is 11.4. The van der Waals surface area contributed by atoms with Crippen molar-refractivity contribution in [1.82, 2.24) is 16.0 Å². The fourth-order valence-corrected chi connectivity index (χ4v) is 1.20. The summed E-state index contributed by atoms with van der Waals surface area (Å²) in [5.74, 6) is -0.0212. The highest BCUT2D eigenvalue weighted by atomic mass is 32.1. The molecule has 0 aromatic carbocycles. The Kier molecular flexibility index (Phi) is 7.10. The fourth-order valence-electron chi connectivity index (χ4n) is 0.875. The molecule has 1 unspecified atom stereocenters. The molecule has 0 fully saturated rings. The molecule has 0 rings (SSSR count). The van der Waals surface area contributed by atoms with E-state index >= 15 is 0 Å². The first-order valence-corrected chi connectivity index (χ1v) is 5.34. The van der Waals surface area contributed by atoms with Gasteiger partial charge in [-0.05, 0) is 32.5 Å². The normalized spacial score (nSPS) is 11.6. The number of amides is 1. The minimum atomic E-state index is -0.284. The molecule has 1 atom stereocenters. The van der Waals surface area contributed by atoms with E-state index in [-0.39, 0.29) is 11.9 Å². The van der Waals surface area contributed by atoms with Gasteiger partial charge in [0, 0.05) is 13.1 Å². The molecule has 3 N–H and O–H groups in total. The number of carbonyl (C=O) groups excluding carboxylic acids is 1. The van der Waals surface area contributed by atoms with Gasteiger partial charge in [0.2, 0.25) is 5.91 Å². The molecule has 0 saturated carbocycles. The Hall–Kier alpha value is -0.840. The Balaban J connectivity index is 3.76. The van der Waals surface area contributed by atoms with E-state index in [1.165, 1.54) is 0 Å². The Labute approximate surface area is 90.8 Å². The van der Waals surface area contributed by atoms with E-state index in [1.807, 2.05) is 13.8 Å². The smallest absolute Gasteiger partial charge is 0.242 e. The van der Waals surface area contributed by atoms with Crippen LogP contribution in [-0.2, 0) is 4.79 Å². The second-order valence-electron chi connectivity index (χ2n) is 3.02. The molecule has 14 heavy (non-hydrogen) atoms. The van der Waals surface area contributed by atoms with Gasteiger partial charge in [-0.2, -0.15) is 0 Å². The first-order valence-electron chi connectivity index (χ1n) is 4.93. The topological polar surface area (TPSA) is 53.2 Å². The summed E-state index contributed by atoms with van der Waals surface area (Å²) in [7, 11) is 0. The van der Waals surface area contributed by atoms with Crippen molar-refractivity contribution < 1.29 is 4.79 Å². The van der Waals surface area contributed by atoms with E-state index < -0.39 is 0 Å². The average Bonchev–Trinajstić information content (AvgIpc) is 2.14. The quantitative estimate of drug-likeness (QED) is 0.583. The standard InChI is InChI=1S/C9H19N3OS/c1-4-6-11-8(13)7(3)12-9(14)10-5-2/h7H,4-6H2,1-3H3,(H,11,13)(H2,10,12,14). The predicted molar refractivity (Wildman–Crippen MR) is 62.2 cm³/mol. The van der Waals surface area contributed by atoms with Gasteiger partial charge in [0.25, 0.3) is 0 Å². The molecule has 0 spiro atoms. The van der Waals surface area contributed by atoms with E-state index in [0.29, 0.717) is 11.7 Å². The van der Waals surface area contributed by atoms with E-state index in [9.17, 15) is 4.79 Å². The number of hydrogen-bond donors (Lipinski definition) is 3. The number of carbonyl (C=O) groups is 1. The summed E-state index contributed by atoms with van der Waals surface area (Å²) >= 11 is 4.96. The lowest BCUT2D eigenvalue weighted by Gasteiger charge is -2.15. The Morgan fingerprint density at radius 2 is 2.00 bits per heavy atom. The van der Waals surface area contributed by atoms with Gasteiger partial charge in [-0.1, -0.05) is 6.92 Å². The molecule has 4 nitrogen and oxygen atoms in total. The lowest BCUT2D eigenvalue weighted by molar-refractivity contribution is -0.122. The van der Waals surface area contributed by atoms with Crippen molar-refractivity contribution in [3.63, 3.8) is 0 Å². The highest BCUT2D eigenvalue weighted by molar-refractivity contribution is 7.80. The van der Waals surface area contributed by atoms with Crippen LogP contribution < -0.4 is 16.0 Å². The summed E-state index contributed by atoms with van der Waals surface area (Å²) in [5.41, 5.74) is 0. The molecule has 0 radical (unpaired) electrons.